The number of nitrogens with two attached hydrogens (primary N) is 1. The lowest BCUT2D eigenvalue weighted by atomic mass is 10.2. The predicted octanol–water partition coefficient (Wildman–Crippen LogP) is 3.43. The fourth-order valence-electron chi connectivity index (χ4n) is 0.963. The van der Waals surface area contributed by atoms with Crippen LogP contribution >= 0.6 is 11.8 Å². The van der Waals surface area contributed by atoms with Crippen molar-refractivity contribution in [2.75, 3.05) is 5.73 Å². The van der Waals surface area contributed by atoms with Crippen LogP contribution in [-0.2, 0) is 5.75 Å². The molecule has 1 aromatic carbocycles. The number of hydrogen-bond donors (Lipinski definition) is 1. The van der Waals surface area contributed by atoms with Gasteiger partial charge in [-0.2, -0.15) is 0 Å². The summed E-state index contributed by atoms with van der Waals surface area (Å²) < 4.78 is 0. The SMILES string of the molecule is C/C=C(/C)SCc1cccc(N)c1. The van der Waals surface area contributed by atoms with Crippen molar-refractivity contribution in [2.45, 2.75) is 19.6 Å². The van der Waals surface area contributed by atoms with Crippen LogP contribution in [0.15, 0.2) is 35.2 Å². The summed E-state index contributed by atoms with van der Waals surface area (Å²) >= 11 is 1.84. The van der Waals surface area contributed by atoms with Gasteiger partial charge in [0.25, 0.3) is 0 Å². The minimum Gasteiger partial charge on any atom is -0.399 e. The summed E-state index contributed by atoms with van der Waals surface area (Å²) in [5.74, 6) is 1.00. The van der Waals surface area contributed by atoms with Crippen LogP contribution < -0.4 is 5.73 Å². The van der Waals surface area contributed by atoms with Gasteiger partial charge in [0.15, 0.2) is 0 Å². The Morgan fingerprint density at radius 2 is 2.31 bits per heavy atom. The molecule has 0 radical (unpaired) electrons. The van der Waals surface area contributed by atoms with Gasteiger partial charge < -0.3 is 5.73 Å². The van der Waals surface area contributed by atoms with Gasteiger partial charge in [0, 0.05) is 11.4 Å². The van der Waals surface area contributed by atoms with Crippen LogP contribution in [0.1, 0.15) is 19.4 Å². The first kappa shape index (κ1) is 10.2. The van der Waals surface area contributed by atoms with Gasteiger partial charge in [0.2, 0.25) is 0 Å². The summed E-state index contributed by atoms with van der Waals surface area (Å²) in [6.07, 6.45) is 2.12. The van der Waals surface area contributed by atoms with E-state index in [-0.39, 0.29) is 0 Å². The lowest BCUT2D eigenvalue weighted by Crippen LogP contribution is -1.86. The molecular weight excluding hydrogens is 178 g/mol. The van der Waals surface area contributed by atoms with Crippen molar-refractivity contribution in [1.82, 2.24) is 0 Å². The Kier molecular flexibility index (Phi) is 3.90. The van der Waals surface area contributed by atoms with Crippen molar-refractivity contribution in [3.05, 3.63) is 40.8 Å². The molecule has 0 saturated carbocycles. The molecule has 0 heterocycles. The molecule has 13 heavy (non-hydrogen) atoms. The average molecular weight is 193 g/mol. The van der Waals surface area contributed by atoms with Gasteiger partial charge in [-0.05, 0) is 36.4 Å². The third-order valence-corrected chi connectivity index (χ3v) is 2.99. The van der Waals surface area contributed by atoms with Crippen LogP contribution in [0.3, 0.4) is 0 Å². The van der Waals surface area contributed by atoms with E-state index in [1.165, 1.54) is 10.5 Å². The second-order valence-electron chi connectivity index (χ2n) is 2.93. The Bertz CT molecular complexity index is 305. The van der Waals surface area contributed by atoms with Crippen LogP contribution in [0.25, 0.3) is 0 Å². The molecule has 0 unspecified atom stereocenters. The van der Waals surface area contributed by atoms with Crippen LogP contribution in [0.4, 0.5) is 5.69 Å². The third-order valence-electron chi connectivity index (χ3n) is 1.82. The number of hydrogen-bond acceptors (Lipinski definition) is 2. The molecule has 1 rings (SSSR count). The standard InChI is InChI=1S/C11H15NS/c1-3-9(2)13-8-10-5-4-6-11(12)7-10/h3-7H,8,12H2,1-2H3/b9-3-. The van der Waals surface area contributed by atoms with Crippen molar-refractivity contribution < 1.29 is 0 Å². The maximum Gasteiger partial charge on any atom is 0.0317 e. The summed E-state index contributed by atoms with van der Waals surface area (Å²) in [5.41, 5.74) is 7.80. The Hall–Kier alpha value is -0.890. The summed E-state index contributed by atoms with van der Waals surface area (Å²) in [4.78, 5) is 1.35. The monoisotopic (exact) mass is 193 g/mol. The minimum absolute atomic E-state index is 0.844. The highest BCUT2D eigenvalue weighted by molar-refractivity contribution is 8.02. The van der Waals surface area contributed by atoms with Crippen molar-refractivity contribution >= 4 is 17.4 Å². The molecule has 0 aliphatic rings. The zero-order chi connectivity index (χ0) is 9.68. The van der Waals surface area contributed by atoms with Gasteiger partial charge in [0.05, 0.1) is 0 Å². The van der Waals surface area contributed by atoms with Crippen molar-refractivity contribution in [3.63, 3.8) is 0 Å². The number of nitrogen functional groups attached to an aromatic ring is 1. The second-order valence-corrected chi connectivity index (χ2v) is 4.15. The highest BCUT2D eigenvalue weighted by atomic mass is 32.2. The first-order valence-corrected chi connectivity index (χ1v) is 5.31. The van der Waals surface area contributed by atoms with E-state index in [9.17, 15) is 0 Å². The molecule has 2 heteroatoms. The molecular formula is C11H15NS. The highest BCUT2D eigenvalue weighted by Gasteiger charge is 1.94. The zero-order valence-electron chi connectivity index (χ0n) is 8.08. The number of benzene rings is 1. The van der Waals surface area contributed by atoms with Crippen molar-refractivity contribution in [2.24, 2.45) is 0 Å². The quantitative estimate of drug-likeness (QED) is 0.744. The van der Waals surface area contributed by atoms with E-state index in [0.717, 1.165) is 11.4 Å². The van der Waals surface area contributed by atoms with Crippen LogP contribution in [0, 0.1) is 0 Å². The van der Waals surface area contributed by atoms with E-state index in [1.807, 2.05) is 30.0 Å². The van der Waals surface area contributed by atoms with Gasteiger partial charge in [-0.25, -0.2) is 0 Å². The van der Waals surface area contributed by atoms with E-state index in [0.29, 0.717) is 0 Å². The van der Waals surface area contributed by atoms with Gasteiger partial charge >= 0.3 is 0 Å². The predicted molar refractivity (Wildman–Crippen MR) is 61.6 cm³/mol. The molecule has 0 spiro atoms. The molecule has 0 fully saturated rings. The summed E-state index contributed by atoms with van der Waals surface area (Å²) in [6.45, 7) is 4.18. The molecule has 1 nitrogen and oxygen atoms in total. The van der Waals surface area contributed by atoms with E-state index in [1.54, 1.807) is 0 Å². The van der Waals surface area contributed by atoms with E-state index < -0.39 is 0 Å². The number of rotatable bonds is 3. The Labute approximate surface area is 84.0 Å². The average Bonchev–Trinajstić information content (AvgIpc) is 2.14. The minimum atomic E-state index is 0.844. The number of anilines is 1. The van der Waals surface area contributed by atoms with Gasteiger partial charge in [0.1, 0.15) is 0 Å². The molecule has 0 bridgehead atoms. The molecule has 0 aliphatic heterocycles. The smallest absolute Gasteiger partial charge is 0.0317 e. The van der Waals surface area contributed by atoms with E-state index >= 15 is 0 Å². The molecule has 0 aromatic heterocycles. The molecule has 70 valence electrons. The summed E-state index contributed by atoms with van der Waals surface area (Å²) in [5, 5.41) is 0. The first-order valence-electron chi connectivity index (χ1n) is 4.32. The number of thioether (sulfide) groups is 1. The van der Waals surface area contributed by atoms with Crippen LogP contribution in [0.5, 0.6) is 0 Å². The molecule has 0 amide bonds. The largest absolute Gasteiger partial charge is 0.399 e. The van der Waals surface area contributed by atoms with E-state index in [4.69, 9.17) is 5.73 Å². The number of allylic oxidation sites excluding steroid dienone is 2. The van der Waals surface area contributed by atoms with Crippen LogP contribution in [-0.4, -0.2) is 0 Å². The fraction of sp³-hybridized carbons (Fsp3) is 0.273. The van der Waals surface area contributed by atoms with Crippen molar-refractivity contribution in [3.8, 4) is 0 Å². The van der Waals surface area contributed by atoms with Crippen LogP contribution in [0.2, 0.25) is 0 Å². The Morgan fingerprint density at radius 3 is 2.92 bits per heavy atom. The summed E-state index contributed by atoms with van der Waals surface area (Å²) in [7, 11) is 0. The Balaban J connectivity index is 2.55. The first-order chi connectivity index (χ1) is 6.22. The molecule has 0 atom stereocenters. The van der Waals surface area contributed by atoms with Gasteiger partial charge in [-0.1, -0.05) is 18.2 Å². The van der Waals surface area contributed by atoms with E-state index in [2.05, 4.69) is 26.0 Å². The van der Waals surface area contributed by atoms with Crippen molar-refractivity contribution in [1.29, 1.82) is 0 Å². The lowest BCUT2D eigenvalue weighted by molar-refractivity contribution is 1.41. The third kappa shape index (κ3) is 3.55. The summed E-state index contributed by atoms with van der Waals surface area (Å²) in [6, 6.07) is 8.04. The molecule has 0 aliphatic carbocycles. The maximum absolute atomic E-state index is 5.67. The molecule has 0 saturated heterocycles. The lowest BCUT2D eigenvalue weighted by Gasteiger charge is -2.02. The topological polar surface area (TPSA) is 26.0 Å². The normalized spacial score (nSPS) is 11.7. The second kappa shape index (κ2) is 4.97. The highest BCUT2D eigenvalue weighted by Crippen LogP contribution is 2.21. The Morgan fingerprint density at radius 1 is 1.54 bits per heavy atom. The molecule has 1 aromatic rings. The molecule has 2 N–H and O–H groups in total. The maximum atomic E-state index is 5.67. The zero-order valence-corrected chi connectivity index (χ0v) is 8.90. The fourth-order valence-corrected chi connectivity index (χ4v) is 1.70. The van der Waals surface area contributed by atoms with Gasteiger partial charge in [-0.15, -0.1) is 11.8 Å². The van der Waals surface area contributed by atoms with Gasteiger partial charge in [-0.3, -0.25) is 0 Å².